The van der Waals surface area contributed by atoms with Crippen molar-refractivity contribution in [3.05, 3.63) is 107 Å². The number of anilines is 3. The van der Waals surface area contributed by atoms with Gasteiger partial charge in [-0.2, -0.15) is 18.3 Å². The lowest BCUT2D eigenvalue weighted by molar-refractivity contribution is -0.807. The maximum Gasteiger partial charge on any atom is 0.451 e. The topological polar surface area (TPSA) is 121 Å². The minimum Gasteiger partial charge on any atom is -0.377 e. The van der Waals surface area contributed by atoms with E-state index in [4.69, 9.17) is 4.63 Å². The maximum atomic E-state index is 13.8. The molecule has 3 heterocycles. The van der Waals surface area contributed by atoms with E-state index in [1.165, 1.54) is 4.68 Å². The van der Waals surface area contributed by atoms with E-state index in [0.717, 1.165) is 5.56 Å². The Hall–Kier alpha value is -5.46. The molecular formula is C28H21F3N8O2. The summed E-state index contributed by atoms with van der Waals surface area (Å²) >= 11 is 0. The van der Waals surface area contributed by atoms with Gasteiger partial charge in [-0.05, 0) is 48.2 Å². The molecule has 3 aromatic heterocycles. The van der Waals surface area contributed by atoms with E-state index in [1.807, 2.05) is 30.3 Å². The van der Waals surface area contributed by atoms with Crippen LogP contribution in [0.15, 0.2) is 89.6 Å². The monoisotopic (exact) mass is 558 g/mol. The largest absolute Gasteiger partial charge is 0.451 e. The zero-order valence-corrected chi connectivity index (χ0v) is 21.4. The van der Waals surface area contributed by atoms with Crippen LogP contribution >= 0.6 is 0 Å². The van der Waals surface area contributed by atoms with E-state index in [2.05, 4.69) is 30.9 Å². The molecule has 0 bridgehead atoms. The van der Waals surface area contributed by atoms with Gasteiger partial charge in [-0.1, -0.05) is 48.5 Å². The minimum atomic E-state index is -4.77. The van der Waals surface area contributed by atoms with E-state index in [0.29, 0.717) is 44.4 Å². The molecule has 0 fully saturated rings. The maximum absolute atomic E-state index is 13.8. The molecule has 2 N–H and O–H groups in total. The Morgan fingerprint density at radius 1 is 0.902 bits per heavy atom. The molecule has 6 aromatic rings. The van der Waals surface area contributed by atoms with Gasteiger partial charge >= 0.3 is 6.18 Å². The summed E-state index contributed by atoms with van der Waals surface area (Å²) in [5, 5.41) is 27.0. The number of rotatable bonds is 7. The molecule has 0 saturated heterocycles. The number of benzene rings is 3. The van der Waals surface area contributed by atoms with Crippen LogP contribution in [-0.2, 0) is 12.7 Å². The summed E-state index contributed by atoms with van der Waals surface area (Å²) < 4.78 is 47.5. The predicted octanol–water partition coefficient (Wildman–Crippen LogP) is 5.79. The van der Waals surface area contributed by atoms with Crippen LogP contribution in [0.5, 0.6) is 0 Å². The van der Waals surface area contributed by atoms with Crippen molar-refractivity contribution in [1.29, 1.82) is 0 Å². The highest BCUT2D eigenvalue weighted by atomic mass is 19.4. The fraction of sp³-hybridized carbons (Fsp3) is 0.107. The first-order valence-electron chi connectivity index (χ1n) is 12.4. The van der Waals surface area contributed by atoms with Gasteiger partial charge in [0.25, 0.3) is 5.69 Å². The number of alkyl halides is 3. The summed E-state index contributed by atoms with van der Waals surface area (Å²) in [7, 11) is 0. The molecule has 10 nitrogen and oxygen atoms in total. The molecule has 206 valence electrons. The quantitative estimate of drug-likeness (QED) is 0.236. The summed E-state index contributed by atoms with van der Waals surface area (Å²) in [5.41, 5.74) is 3.68. The van der Waals surface area contributed by atoms with Gasteiger partial charge in [0.05, 0.1) is 23.3 Å². The van der Waals surface area contributed by atoms with Gasteiger partial charge in [-0.25, -0.2) is 14.6 Å². The molecule has 0 spiro atoms. The average Bonchev–Trinajstić information content (AvgIpc) is 3.52. The van der Waals surface area contributed by atoms with Gasteiger partial charge in [-0.15, -0.1) is 0 Å². The smallest absolute Gasteiger partial charge is 0.377 e. The van der Waals surface area contributed by atoms with Crippen LogP contribution in [0.3, 0.4) is 0 Å². The number of halogens is 3. The van der Waals surface area contributed by atoms with Crippen LogP contribution in [-0.4, -0.2) is 24.9 Å². The zero-order chi connectivity index (χ0) is 28.6. The first kappa shape index (κ1) is 25.8. The van der Waals surface area contributed by atoms with Gasteiger partial charge in [0, 0.05) is 22.1 Å². The third-order valence-electron chi connectivity index (χ3n) is 6.31. The van der Waals surface area contributed by atoms with Crippen LogP contribution in [0, 0.1) is 12.1 Å². The standard InChI is InChI=1S/C28H21F3N8O2/c1-17-23-25(34-27(28(29,30)31)35-26(23)38(36-17)21-10-6-3-7-11-21)33-20-14-12-19(13-15-20)32-16-22-24(37-41-39(22)40)18-8-4-2-5-9-18/h2-15,32H,16H2,1H3,(H,33,34,35). The molecule has 0 aliphatic rings. The van der Waals surface area contributed by atoms with Crippen molar-refractivity contribution in [2.75, 3.05) is 10.6 Å². The number of aryl methyl sites for hydroxylation is 1. The Morgan fingerprint density at radius 2 is 1.56 bits per heavy atom. The average molecular weight is 559 g/mol. The van der Waals surface area contributed by atoms with Crippen LogP contribution < -0.4 is 15.5 Å². The number of hydrogen-bond donors (Lipinski definition) is 2. The van der Waals surface area contributed by atoms with Crippen molar-refractivity contribution in [3.63, 3.8) is 0 Å². The van der Waals surface area contributed by atoms with E-state index in [1.54, 1.807) is 61.5 Å². The second kappa shape index (κ2) is 10.3. The molecule has 0 radical (unpaired) electrons. The Balaban J connectivity index is 1.27. The molecule has 6 rings (SSSR count). The Bertz CT molecular complexity index is 1820. The van der Waals surface area contributed by atoms with Crippen molar-refractivity contribution in [2.45, 2.75) is 19.6 Å². The van der Waals surface area contributed by atoms with Crippen LogP contribution in [0.1, 0.15) is 17.2 Å². The van der Waals surface area contributed by atoms with Gasteiger partial charge in [0.2, 0.25) is 11.5 Å². The molecule has 41 heavy (non-hydrogen) atoms. The number of para-hydroxylation sites is 1. The lowest BCUT2D eigenvalue weighted by Crippen LogP contribution is -2.29. The van der Waals surface area contributed by atoms with Crippen molar-refractivity contribution in [1.82, 2.24) is 24.9 Å². The van der Waals surface area contributed by atoms with Crippen molar-refractivity contribution in [2.24, 2.45) is 0 Å². The molecule has 0 amide bonds. The Kier molecular flexibility index (Phi) is 6.46. The fourth-order valence-corrected chi connectivity index (χ4v) is 4.37. The first-order chi connectivity index (χ1) is 19.8. The lowest BCUT2D eigenvalue weighted by atomic mass is 10.1. The van der Waals surface area contributed by atoms with Crippen molar-refractivity contribution in [3.8, 4) is 16.9 Å². The minimum absolute atomic E-state index is 0.0212. The molecule has 3 aromatic carbocycles. The van der Waals surface area contributed by atoms with Gasteiger partial charge in [0.1, 0.15) is 5.82 Å². The second-order valence-corrected chi connectivity index (χ2v) is 9.07. The molecule has 0 aliphatic heterocycles. The Labute approximate surface area is 230 Å². The summed E-state index contributed by atoms with van der Waals surface area (Å²) in [6, 6.07) is 24.8. The fourth-order valence-electron chi connectivity index (χ4n) is 4.37. The predicted molar refractivity (Wildman–Crippen MR) is 144 cm³/mol. The van der Waals surface area contributed by atoms with Crippen molar-refractivity contribution < 1.29 is 22.7 Å². The molecule has 0 unspecified atom stereocenters. The zero-order valence-electron chi connectivity index (χ0n) is 21.4. The summed E-state index contributed by atoms with van der Waals surface area (Å²) in [6.45, 7) is 1.82. The molecule has 0 aliphatic carbocycles. The van der Waals surface area contributed by atoms with Gasteiger partial charge < -0.3 is 15.8 Å². The van der Waals surface area contributed by atoms with E-state index in [-0.39, 0.29) is 18.0 Å². The highest BCUT2D eigenvalue weighted by Crippen LogP contribution is 2.34. The van der Waals surface area contributed by atoms with E-state index >= 15 is 0 Å². The van der Waals surface area contributed by atoms with E-state index in [9.17, 15) is 18.4 Å². The third kappa shape index (κ3) is 5.12. The number of fused-ring (bicyclic) bond motifs is 1. The Morgan fingerprint density at radius 3 is 2.24 bits per heavy atom. The van der Waals surface area contributed by atoms with Crippen LogP contribution in [0.2, 0.25) is 0 Å². The first-order valence-corrected chi connectivity index (χ1v) is 12.4. The van der Waals surface area contributed by atoms with Crippen LogP contribution in [0.4, 0.5) is 30.4 Å². The van der Waals surface area contributed by atoms with Gasteiger partial charge in [0.15, 0.2) is 5.65 Å². The van der Waals surface area contributed by atoms with E-state index < -0.39 is 12.0 Å². The summed E-state index contributed by atoms with van der Waals surface area (Å²) in [6.07, 6.45) is -4.77. The number of nitrogens with one attached hydrogen (secondary N) is 2. The molecule has 13 heteroatoms. The number of nitrogens with zero attached hydrogens (tertiary/aromatic N) is 6. The third-order valence-corrected chi connectivity index (χ3v) is 6.31. The SMILES string of the molecule is Cc1nn(-c2ccccc2)c2nc(C(F)(F)F)nc(Nc3ccc(NCc4c(-c5ccccc5)no[n+]4[O-])cc3)c12. The molecule has 0 atom stereocenters. The highest BCUT2D eigenvalue weighted by Gasteiger charge is 2.36. The molecular weight excluding hydrogens is 537 g/mol. The lowest BCUT2D eigenvalue weighted by Gasteiger charge is -2.12. The van der Waals surface area contributed by atoms with Gasteiger partial charge in [-0.3, -0.25) is 4.63 Å². The summed E-state index contributed by atoms with van der Waals surface area (Å²) in [4.78, 5) is 7.97. The second-order valence-electron chi connectivity index (χ2n) is 9.07. The van der Waals surface area contributed by atoms with Crippen molar-refractivity contribution >= 4 is 28.2 Å². The summed E-state index contributed by atoms with van der Waals surface area (Å²) in [5.74, 6) is -1.30. The number of aromatic nitrogens is 6. The van der Waals surface area contributed by atoms with Crippen LogP contribution in [0.25, 0.3) is 28.0 Å². The highest BCUT2D eigenvalue weighted by molar-refractivity contribution is 5.92. The molecule has 0 saturated carbocycles. The normalized spacial score (nSPS) is 11.6. The number of hydrogen-bond acceptors (Lipinski definition) is 8.